The topological polar surface area (TPSA) is 3.24 Å². The summed E-state index contributed by atoms with van der Waals surface area (Å²) < 4.78 is 0. The molecule has 0 aromatic carbocycles. The average Bonchev–Trinajstić information content (AvgIpc) is 1.60. The number of hydrogen-bond acceptors (Lipinski definition) is 1. The van der Waals surface area contributed by atoms with Crippen LogP contribution in [0.1, 0.15) is 34.6 Å². The van der Waals surface area contributed by atoms with Gasteiger partial charge in [-0.1, -0.05) is 0 Å². The van der Waals surface area contributed by atoms with Crippen molar-refractivity contribution in [2.45, 2.75) is 46.2 Å². The van der Waals surface area contributed by atoms with Crippen LogP contribution in [0, 0.1) is 6.92 Å². The van der Waals surface area contributed by atoms with E-state index in [1.54, 1.807) is 0 Å². The van der Waals surface area contributed by atoms with Gasteiger partial charge in [0.2, 0.25) is 0 Å². The number of nitrogens with zero attached hydrogens (tertiary/aromatic N) is 1. The molecule has 1 nitrogen and oxygen atoms in total. The fourth-order valence-electron chi connectivity index (χ4n) is 1.37. The molecule has 0 aliphatic carbocycles. The van der Waals surface area contributed by atoms with Gasteiger partial charge in [-0.15, -0.1) is 0 Å². The molecule has 0 saturated carbocycles. The highest BCUT2D eigenvalue weighted by Crippen LogP contribution is 2.15. The first kappa shape index (κ1) is 9.96. The highest BCUT2D eigenvalue weighted by atomic mass is 15.2. The number of hydrogen-bond donors (Lipinski definition) is 0. The minimum atomic E-state index is 0.260. The van der Waals surface area contributed by atoms with Gasteiger partial charge < -0.3 is 0 Å². The first-order valence-corrected chi connectivity index (χ1v) is 3.95. The molecular formula is C9H20N. The van der Waals surface area contributed by atoms with Gasteiger partial charge in [-0.25, -0.2) is 0 Å². The standard InChI is InChI=1S/C9H20N/c1-7-10(8(2)3)9(4,5)6/h8H,1,7H2,2-6H3. The third-order valence-electron chi connectivity index (χ3n) is 1.73. The van der Waals surface area contributed by atoms with Crippen molar-refractivity contribution < 1.29 is 0 Å². The van der Waals surface area contributed by atoms with Crippen LogP contribution in [0.4, 0.5) is 0 Å². The molecule has 0 atom stereocenters. The summed E-state index contributed by atoms with van der Waals surface area (Å²) in [4.78, 5) is 2.37. The molecule has 0 spiro atoms. The lowest BCUT2D eigenvalue weighted by Crippen LogP contribution is -2.45. The minimum Gasteiger partial charge on any atom is -0.296 e. The van der Waals surface area contributed by atoms with Crippen LogP contribution in [-0.2, 0) is 0 Å². The molecule has 0 N–H and O–H groups in total. The van der Waals surface area contributed by atoms with Crippen LogP contribution in [0.15, 0.2) is 0 Å². The second-order valence-corrected chi connectivity index (χ2v) is 3.96. The van der Waals surface area contributed by atoms with Crippen molar-refractivity contribution in [2.24, 2.45) is 0 Å². The Balaban J connectivity index is 4.07. The van der Waals surface area contributed by atoms with Crippen LogP contribution < -0.4 is 0 Å². The second-order valence-electron chi connectivity index (χ2n) is 3.96. The lowest BCUT2D eigenvalue weighted by molar-refractivity contribution is 0.114. The van der Waals surface area contributed by atoms with Crippen molar-refractivity contribution in [3.63, 3.8) is 0 Å². The molecule has 0 aromatic heterocycles. The smallest absolute Gasteiger partial charge is 0.0127 e. The summed E-state index contributed by atoms with van der Waals surface area (Å²) in [6.07, 6.45) is 0. The minimum absolute atomic E-state index is 0.260. The predicted octanol–water partition coefficient (Wildman–Crippen LogP) is 2.33. The van der Waals surface area contributed by atoms with Crippen LogP contribution in [0.3, 0.4) is 0 Å². The first-order chi connectivity index (χ1) is 4.39. The molecular weight excluding hydrogens is 122 g/mol. The summed E-state index contributed by atoms with van der Waals surface area (Å²) in [6.45, 7) is 15.9. The van der Waals surface area contributed by atoms with Gasteiger partial charge in [0.05, 0.1) is 0 Å². The zero-order chi connectivity index (χ0) is 8.36. The zero-order valence-corrected chi connectivity index (χ0v) is 7.94. The molecule has 1 heteroatoms. The Morgan fingerprint density at radius 3 is 1.70 bits per heavy atom. The molecule has 0 unspecified atom stereocenters. The third-order valence-corrected chi connectivity index (χ3v) is 1.73. The van der Waals surface area contributed by atoms with E-state index in [9.17, 15) is 0 Å². The van der Waals surface area contributed by atoms with Crippen LogP contribution in [-0.4, -0.2) is 23.0 Å². The lowest BCUT2D eigenvalue weighted by atomic mass is 10.0. The highest BCUT2D eigenvalue weighted by Gasteiger charge is 2.21. The Labute approximate surface area is 65.4 Å². The monoisotopic (exact) mass is 142 g/mol. The molecule has 0 rings (SSSR count). The van der Waals surface area contributed by atoms with Gasteiger partial charge in [0.25, 0.3) is 0 Å². The van der Waals surface area contributed by atoms with E-state index in [1.807, 2.05) is 0 Å². The van der Waals surface area contributed by atoms with Gasteiger partial charge in [0, 0.05) is 11.6 Å². The second kappa shape index (κ2) is 3.38. The van der Waals surface area contributed by atoms with Gasteiger partial charge in [-0.3, -0.25) is 4.90 Å². The Bertz CT molecular complexity index is 89.4. The van der Waals surface area contributed by atoms with Gasteiger partial charge in [-0.2, -0.15) is 0 Å². The normalized spacial score (nSPS) is 13.2. The molecule has 0 aliphatic rings. The Hall–Kier alpha value is -0.0400. The van der Waals surface area contributed by atoms with E-state index in [2.05, 4.69) is 46.4 Å². The summed E-state index contributed by atoms with van der Waals surface area (Å²) in [7, 11) is 0. The number of rotatable bonds is 2. The molecule has 0 heterocycles. The lowest BCUT2D eigenvalue weighted by Gasteiger charge is -2.37. The summed E-state index contributed by atoms with van der Waals surface area (Å²) >= 11 is 0. The van der Waals surface area contributed by atoms with E-state index in [4.69, 9.17) is 0 Å². The molecule has 10 heavy (non-hydrogen) atoms. The fourth-order valence-corrected chi connectivity index (χ4v) is 1.37. The molecule has 1 radical (unpaired) electrons. The Morgan fingerprint density at radius 2 is 1.70 bits per heavy atom. The Morgan fingerprint density at radius 1 is 1.30 bits per heavy atom. The highest BCUT2D eigenvalue weighted by molar-refractivity contribution is 4.79. The van der Waals surface area contributed by atoms with E-state index >= 15 is 0 Å². The summed E-state index contributed by atoms with van der Waals surface area (Å²) in [6, 6.07) is 0.595. The maximum atomic E-state index is 3.90. The summed E-state index contributed by atoms with van der Waals surface area (Å²) in [5.41, 5.74) is 0.260. The maximum Gasteiger partial charge on any atom is 0.0127 e. The Kier molecular flexibility index (Phi) is 3.37. The summed E-state index contributed by atoms with van der Waals surface area (Å²) in [5.74, 6) is 0. The molecule has 0 fully saturated rings. The first-order valence-electron chi connectivity index (χ1n) is 3.95. The van der Waals surface area contributed by atoms with Crippen LogP contribution in [0.25, 0.3) is 0 Å². The molecule has 0 saturated heterocycles. The molecule has 0 aliphatic heterocycles. The van der Waals surface area contributed by atoms with Gasteiger partial charge in [0.15, 0.2) is 0 Å². The van der Waals surface area contributed by atoms with Crippen molar-refractivity contribution in [3.8, 4) is 0 Å². The third kappa shape index (κ3) is 2.70. The van der Waals surface area contributed by atoms with E-state index in [0.29, 0.717) is 6.04 Å². The van der Waals surface area contributed by atoms with Gasteiger partial charge in [0.1, 0.15) is 0 Å². The quantitative estimate of drug-likeness (QED) is 0.572. The van der Waals surface area contributed by atoms with E-state index < -0.39 is 0 Å². The van der Waals surface area contributed by atoms with Gasteiger partial charge >= 0.3 is 0 Å². The van der Waals surface area contributed by atoms with Crippen molar-refractivity contribution in [3.05, 3.63) is 6.92 Å². The average molecular weight is 142 g/mol. The largest absolute Gasteiger partial charge is 0.296 e. The molecule has 0 bridgehead atoms. The van der Waals surface area contributed by atoms with Crippen LogP contribution >= 0.6 is 0 Å². The van der Waals surface area contributed by atoms with Crippen molar-refractivity contribution in [1.29, 1.82) is 0 Å². The molecule has 0 amide bonds. The van der Waals surface area contributed by atoms with Crippen molar-refractivity contribution >= 4 is 0 Å². The van der Waals surface area contributed by atoms with E-state index in [0.717, 1.165) is 6.54 Å². The summed E-state index contributed by atoms with van der Waals surface area (Å²) in [5, 5.41) is 0. The fraction of sp³-hybridized carbons (Fsp3) is 0.889. The van der Waals surface area contributed by atoms with Crippen LogP contribution in [0.5, 0.6) is 0 Å². The van der Waals surface area contributed by atoms with E-state index in [1.165, 1.54) is 0 Å². The van der Waals surface area contributed by atoms with Crippen molar-refractivity contribution in [1.82, 2.24) is 4.90 Å². The molecule has 61 valence electrons. The van der Waals surface area contributed by atoms with Gasteiger partial charge in [-0.05, 0) is 48.1 Å². The van der Waals surface area contributed by atoms with E-state index in [-0.39, 0.29) is 5.54 Å². The predicted molar refractivity (Wildman–Crippen MR) is 47.0 cm³/mol. The molecule has 0 aromatic rings. The van der Waals surface area contributed by atoms with Crippen LogP contribution in [0.2, 0.25) is 0 Å². The zero-order valence-electron chi connectivity index (χ0n) is 7.94. The SMILES string of the molecule is [CH2]CN(C(C)C)C(C)(C)C. The maximum absolute atomic E-state index is 3.90. The van der Waals surface area contributed by atoms with Crippen molar-refractivity contribution in [2.75, 3.05) is 6.54 Å².